The standard InChI is InChI=1S/C18H29N3O/c1-3-21(4-2)18(22)19-17-11-9-16(10-12-17)8-7-15-20-13-5-6-14-20/h9-12H,3-8,13-15H2,1-2H3,(H,19,22). The predicted molar refractivity (Wildman–Crippen MR) is 92.4 cm³/mol. The van der Waals surface area contributed by atoms with E-state index >= 15 is 0 Å². The van der Waals surface area contributed by atoms with Gasteiger partial charge in [0, 0.05) is 18.8 Å². The second-order valence-electron chi connectivity index (χ2n) is 5.95. The van der Waals surface area contributed by atoms with Gasteiger partial charge in [-0.1, -0.05) is 12.1 Å². The van der Waals surface area contributed by atoms with Crippen LogP contribution in [0.25, 0.3) is 0 Å². The van der Waals surface area contributed by atoms with E-state index in [9.17, 15) is 4.79 Å². The maximum Gasteiger partial charge on any atom is 0.321 e. The van der Waals surface area contributed by atoms with Gasteiger partial charge in [-0.3, -0.25) is 0 Å². The van der Waals surface area contributed by atoms with Gasteiger partial charge in [0.1, 0.15) is 0 Å². The Morgan fingerprint density at radius 2 is 1.77 bits per heavy atom. The molecule has 2 rings (SSSR count). The summed E-state index contributed by atoms with van der Waals surface area (Å²) in [6, 6.07) is 8.25. The normalized spacial score (nSPS) is 15.0. The van der Waals surface area contributed by atoms with E-state index in [0.717, 1.165) is 25.2 Å². The largest absolute Gasteiger partial charge is 0.325 e. The summed E-state index contributed by atoms with van der Waals surface area (Å²) in [7, 11) is 0. The highest BCUT2D eigenvalue weighted by Crippen LogP contribution is 2.13. The molecule has 122 valence electrons. The van der Waals surface area contributed by atoms with Crippen LogP contribution in [0.15, 0.2) is 24.3 Å². The molecule has 0 bridgehead atoms. The molecule has 0 aliphatic carbocycles. The highest BCUT2D eigenvalue weighted by atomic mass is 16.2. The van der Waals surface area contributed by atoms with Crippen molar-refractivity contribution in [3.05, 3.63) is 29.8 Å². The summed E-state index contributed by atoms with van der Waals surface area (Å²) in [6.07, 6.45) is 5.05. The molecule has 0 aromatic heterocycles. The van der Waals surface area contributed by atoms with Gasteiger partial charge in [-0.15, -0.1) is 0 Å². The molecule has 1 saturated heterocycles. The van der Waals surface area contributed by atoms with E-state index in [1.165, 1.54) is 44.5 Å². The average Bonchev–Trinajstić information content (AvgIpc) is 3.03. The summed E-state index contributed by atoms with van der Waals surface area (Å²) < 4.78 is 0. The highest BCUT2D eigenvalue weighted by Gasteiger charge is 2.11. The van der Waals surface area contributed by atoms with Gasteiger partial charge in [-0.05, 0) is 76.9 Å². The molecule has 1 aliphatic rings. The molecule has 1 fully saturated rings. The van der Waals surface area contributed by atoms with E-state index in [1.54, 1.807) is 4.90 Å². The van der Waals surface area contributed by atoms with Crippen LogP contribution in [0, 0.1) is 0 Å². The van der Waals surface area contributed by atoms with Crippen LogP contribution < -0.4 is 5.32 Å². The quantitative estimate of drug-likeness (QED) is 0.835. The van der Waals surface area contributed by atoms with Crippen LogP contribution in [-0.2, 0) is 6.42 Å². The first-order valence-electron chi connectivity index (χ1n) is 8.60. The van der Waals surface area contributed by atoms with Crippen molar-refractivity contribution in [1.29, 1.82) is 0 Å². The van der Waals surface area contributed by atoms with Crippen molar-refractivity contribution in [2.75, 3.05) is 38.0 Å². The molecular formula is C18H29N3O. The van der Waals surface area contributed by atoms with Crippen LogP contribution in [0.1, 0.15) is 38.7 Å². The fourth-order valence-electron chi connectivity index (χ4n) is 2.98. The summed E-state index contributed by atoms with van der Waals surface area (Å²) in [4.78, 5) is 16.3. The van der Waals surface area contributed by atoms with Gasteiger partial charge in [0.25, 0.3) is 0 Å². The third-order valence-corrected chi connectivity index (χ3v) is 4.39. The molecule has 1 aromatic rings. The van der Waals surface area contributed by atoms with Crippen LogP contribution >= 0.6 is 0 Å². The molecule has 1 aromatic carbocycles. The molecule has 0 saturated carbocycles. The predicted octanol–water partition coefficient (Wildman–Crippen LogP) is 3.59. The van der Waals surface area contributed by atoms with Crippen molar-refractivity contribution in [2.24, 2.45) is 0 Å². The minimum atomic E-state index is -0.0215. The minimum absolute atomic E-state index is 0.0215. The summed E-state index contributed by atoms with van der Waals surface area (Å²) in [5.74, 6) is 0. The van der Waals surface area contributed by atoms with E-state index in [-0.39, 0.29) is 6.03 Å². The molecule has 4 heteroatoms. The molecular weight excluding hydrogens is 274 g/mol. The maximum atomic E-state index is 12.0. The molecule has 1 N–H and O–H groups in total. The zero-order valence-electron chi connectivity index (χ0n) is 14.0. The SMILES string of the molecule is CCN(CC)C(=O)Nc1ccc(CCCN2CCCC2)cc1. The number of nitrogens with one attached hydrogen (secondary N) is 1. The van der Waals surface area contributed by atoms with Crippen molar-refractivity contribution in [1.82, 2.24) is 9.80 Å². The monoisotopic (exact) mass is 303 g/mol. The molecule has 4 nitrogen and oxygen atoms in total. The second kappa shape index (κ2) is 8.79. The van der Waals surface area contributed by atoms with E-state index in [1.807, 2.05) is 26.0 Å². The number of rotatable bonds is 7. The first kappa shape index (κ1) is 16.8. The third kappa shape index (κ3) is 5.02. The fraction of sp³-hybridized carbons (Fsp3) is 0.611. The van der Waals surface area contributed by atoms with Gasteiger partial charge >= 0.3 is 6.03 Å². The Bertz CT molecular complexity index is 448. The number of hydrogen-bond donors (Lipinski definition) is 1. The molecule has 0 spiro atoms. The smallest absolute Gasteiger partial charge is 0.321 e. The molecule has 22 heavy (non-hydrogen) atoms. The summed E-state index contributed by atoms with van der Waals surface area (Å²) in [6.45, 7) is 9.21. The van der Waals surface area contributed by atoms with Crippen molar-refractivity contribution in [2.45, 2.75) is 39.5 Å². The number of carbonyl (C=O) groups excluding carboxylic acids is 1. The summed E-state index contributed by atoms with van der Waals surface area (Å²) >= 11 is 0. The van der Waals surface area contributed by atoms with E-state index in [0.29, 0.717) is 0 Å². The van der Waals surface area contributed by atoms with E-state index < -0.39 is 0 Å². The lowest BCUT2D eigenvalue weighted by molar-refractivity contribution is 0.217. The van der Waals surface area contributed by atoms with Gasteiger partial charge in [-0.25, -0.2) is 4.79 Å². The topological polar surface area (TPSA) is 35.6 Å². The summed E-state index contributed by atoms with van der Waals surface area (Å²) in [5.41, 5.74) is 2.22. The van der Waals surface area contributed by atoms with Gasteiger partial charge in [0.2, 0.25) is 0 Å². The highest BCUT2D eigenvalue weighted by molar-refractivity contribution is 5.89. The Labute approximate surface area is 134 Å². The van der Waals surface area contributed by atoms with Crippen molar-refractivity contribution in [3.8, 4) is 0 Å². The van der Waals surface area contributed by atoms with E-state index in [4.69, 9.17) is 0 Å². The number of carbonyl (C=O) groups is 1. The van der Waals surface area contributed by atoms with Crippen molar-refractivity contribution in [3.63, 3.8) is 0 Å². The zero-order chi connectivity index (χ0) is 15.8. The minimum Gasteiger partial charge on any atom is -0.325 e. The number of likely N-dealkylation sites (tertiary alicyclic amines) is 1. The van der Waals surface area contributed by atoms with Crippen LogP contribution in [-0.4, -0.2) is 48.6 Å². The fourth-order valence-corrected chi connectivity index (χ4v) is 2.98. The molecule has 0 atom stereocenters. The van der Waals surface area contributed by atoms with Crippen molar-refractivity contribution >= 4 is 11.7 Å². The molecule has 1 heterocycles. The first-order chi connectivity index (χ1) is 10.7. The maximum absolute atomic E-state index is 12.0. The van der Waals surface area contributed by atoms with Gasteiger partial charge in [0.05, 0.1) is 0 Å². The lowest BCUT2D eigenvalue weighted by Gasteiger charge is -2.19. The van der Waals surface area contributed by atoms with Crippen LogP contribution in [0.3, 0.4) is 0 Å². The first-order valence-corrected chi connectivity index (χ1v) is 8.60. The number of hydrogen-bond acceptors (Lipinski definition) is 2. The molecule has 0 unspecified atom stereocenters. The Morgan fingerprint density at radius 1 is 1.14 bits per heavy atom. The zero-order valence-corrected chi connectivity index (χ0v) is 14.0. The number of aryl methyl sites for hydroxylation is 1. The molecule has 0 radical (unpaired) electrons. The lowest BCUT2D eigenvalue weighted by Crippen LogP contribution is -2.34. The Hall–Kier alpha value is -1.55. The van der Waals surface area contributed by atoms with Crippen molar-refractivity contribution < 1.29 is 4.79 Å². The Balaban J connectivity index is 1.75. The van der Waals surface area contributed by atoms with Gasteiger partial charge in [-0.2, -0.15) is 0 Å². The van der Waals surface area contributed by atoms with Crippen LogP contribution in [0.4, 0.5) is 10.5 Å². The lowest BCUT2D eigenvalue weighted by atomic mass is 10.1. The van der Waals surface area contributed by atoms with Gasteiger partial charge in [0.15, 0.2) is 0 Å². The molecule has 1 aliphatic heterocycles. The van der Waals surface area contributed by atoms with Gasteiger partial charge < -0.3 is 15.1 Å². The number of benzene rings is 1. The Kier molecular flexibility index (Phi) is 6.72. The van der Waals surface area contributed by atoms with E-state index in [2.05, 4.69) is 22.3 Å². The number of anilines is 1. The summed E-state index contributed by atoms with van der Waals surface area (Å²) in [5, 5.41) is 2.95. The average molecular weight is 303 g/mol. The number of nitrogens with zero attached hydrogens (tertiary/aromatic N) is 2. The van der Waals surface area contributed by atoms with Crippen LogP contribution in [0.5, 0.6) is 0 Å². The second-order valence-corrected chi connectivity index (χ2v) is 5.95. The Morgan fingerprint density at radius 3 is 2.36 bits per heavy atom. The number of urea groups is 1. The third-order valence-electron chi connectivity index (χ3n) is 4.39. The number of amides is 2. The molecule has 2 amide bonds. The van der Waals surface area contributed by atoms with Crippen LogP contribution in [0.2, 0.25) is 0 Å².